The minimum Gasteiger partial charge on any atom is -0.405 e. The van der Waals surface area contributed by atoms with Crippen molar-refractivity contribution in [1.82, 2.24) is 49.8 Å². The summed E-state index contributed by atoms with van der Waals surface area (Å²) in [6, 6.07) is 6.56. The van der Waals surface area contributed by atoms with Gasteiger partial charge in [0, 0.05) is 30.3 Å². The first-order chi connectivity index (χ1) is 44.1. The van der Waals surface area contributed by atoms with Crippen LogP contribution in [0.4, 0.5) is 0 Å². The largest absolute Gasteiger partial charge is 0.405 e. The van der Waals surface area contributed by atoms with Crippen LogP contribution < -0.4 is 84.4 Å². The predicted octanol–water partition coefficient (Wildman–Crippen LogP) is 4.06. The monoisotopic (exact) mass is 1270 g/mol. The molecule has 0 aliphatic heterocycles. The Balaban J connectivity index is 0.000000148. The maximum atomic E-state index is 11.9. The topological polar surface area (TPSA) is 480 Å². The molecule has 12 rings (SSSR count). The molecular weight excluding hydrogens is 1200 g/mol. The fraction of sp³-hybridized carbons (Fsp3) is 0.371. The summed E-state index contributed by atoms with van der Waals surface area (Å²) in [5.41, 5.74) is -6.11. The maximum Gasteiger partial charge on any atom is 0.337 e. The van der Waals surface area contributed by atoms with Gasteiger partial charge in [-0.1, -0.05) is 95.8 Å². The van der Waals surface area contributed by atoms with Crippen molar-refractivity contribution in [3.05, 3.63) is 239 Å². The second kappa shape index (κ2) is 30.9. The van der Waals surface area contributed by atoms with Gasteiger partial charge in [-0.05, 0) is 97.9 Å². The third kappa shape index (κ3) is 17.4. The Bertz CT molecular complexity index is 5300. The van der Waals surface area contributed by atoms with Crippen molar-refractivity contribution in [2.24, 2.45) is 11.8 Å². The zero-order valence-corrected chi connectivity index (χ0v) is 50.1. The molecule has 484 valence electrons. The molecule has 2 aliphatic rings. The van der Waals surface area contributed by atoms with Gasteiger partial charge in [0.15, 0.2) is 0 Å². The number of aromatic amines is 10. The first-order valence-corrected chi connectivity index (χ1v) is 29.8. The summed E-state index contributed by atoms with van der Waals surface area (Å²) in [4.78, 5) is 194. The van der Waals surface area contributed by atoms with Gasteiger partial charge in [-0.25, -0.2) is 47.9 Å². The smallest absolute Gasteiger partial charge is 0.337 e. The molecule has 0 aromatic carbocycles. The van der Waals surface area contributed by atoms with E-state index in [0.717, 1.165) is 44.9 Å². The zero-order valence-electron chi connectivity index (χ0n) is 50.1. The van der Waals surface area contributed by atoms with Crippen molar-refractivity contribution in [3.63, 3.8) is 0 Å². The average Bonchev–Trinajstić information content (AvgIpc) is 0.975. The highest BCUT2D eigenvalue weighted by Gasteiger charge is 2.21. The van der Waals surface area contributed by atoms with Gasteiger partial charge in [0.2, 0.25) is 28.6 Å². The van der Waals surface area contributed by atoms with Crippen LogP contribution in [0.25, 0.3) is 55.5 Å². The number of rotatable bonds is 14. The van der Waals surface area contributed by atoms with Gasteiger partial charge in [-0.3, -0.25) is 73.8 Å². The highest BCUT2D eigenvalue weighted by Crippen LogP contribution is 2.30. The lowest BCUT2D eigenvalue weighted by Crippen LogP contribution is -2.24. The van der Waals surface area contributed by atoms with E-state index < -0.39 is 84.4 Å². The molecule has 0 saturated heterocycles. The Kier molecular flexibility index (Phi) is 22.5. The van der Waals surface area contributed by atoms with Crippen molar-refractivity contribution >= 4 is 55.5 Å². The molecule has 0 spiro atoms. The van der Waals surface area contributed by atoms with E-state index in [9.17, 15) is 71.9 Å². The van der Waals surface area contributed by atoms with Crippen molar-refractivity contribution in [2.45, 2.75) is 136 Å². The number of hydrogen-bond donors (Lipinski definition) is 10. The minimum atomic E-state index is -0.702. The number of aromatic nitrogens is 10. The van der Waals surface area contributed by atoms with E-state index in [-0.39, 0.29) is 55.5 Å². The molecule has 10 heterocycles. The Hall–Kier alpha value is -11.1. The molecule has 10 aromatic heterocycles. The van der Waals surface area contributed by atoms with Crippen LogP contribution in [0.5, 0.6) is 0 Å². The first kappa shape index (κ1) is 66.9. The van der Waals surface area contributed by atoms with Crippen LogP contribution in [0.1, 0.15) is 132 Å². The van der Waals surface area contributed by atoms with Crippen LogP contribution in [0.3, 0.4) is 0 Å². The number of nitrogens with one attached hydrogen (secondary N) is 10. The lowest BCUT2D eigenvalue weighted by molar-refractivity contribution is 0.356. The summed E-state index contributed by atoms with van der Waals surface area (Å²) in [6.45, 7) is 7.53. The molecule has 0 bridgehead atoms. The van der Waals surface area contributed by atoms with E-state index in [2.05, 4.69) is 63.3 Å². The van der Waals surface area contributed by atoms with Crippen molar-refractivity contribution in [1.29, 1.82) is 0 Å². The number of unbranched alkanes of at least 4 members (excludes halogenated alkanes) is 2. The predicted molar refractivity (Wildman–Crippen MR) is 339 cm³/mol. The molecular formula is C62H66N10O20. The van der Waals surface area contributed by atoms with Gasteiger partial charge in [-0.2, -0.15) is 0 Å². The summed E-state index contributed by atoms with van der Waals surface area (Å²) >= 11 is 0. The van der Waals surface area contributed by atoms with Gasteiger partial charge in [0.05, 0.1) is 0 Å². The Morgan fingerprint density at radius 1 is 0.380 bits per heavy atom. The summed E-state index contributed by atoms with van der Waals surface area (Å²) in [5, 5.41) is 1.25. The van der Waals surface area contributed by atoms with Gasteiger partial charge in [-0.15, -0.1) is 6.58 Å². The van der Waals surface area contributed by atoms with E-state index in [1.165, 1.54) is 62.4 Å². The minimum absolute atomic E-state index is 0.0305. The van der Waals surface area contributed by atoms with Crippen molar-refractivity contribution in [2.75, 3.05) is 0 Å². The average molecular weight is 1270 g/mol. The number of hydrogen-bond acceptors (Lipinski definition) is 20. The fourth-order valence-electron chi connectivity index (χ4n) is 11.3. The molecule has 2 saturated carbocycles. The van der Waals surface area contributed by atoms with Gasteiger partial charge in [0.1, 0.15) is 26.9 Å². The first-order valence-electron chi connectivity index (χ1n) is 29.8. The Morgan fingerprint density at radius 2 is 0.663 bits per heavy atom. The number of H-pyrrole nitrogens is 10. The summed E-state index contributed by atoms with van der Waals surface area (Å²) in [7, 11) is 0. The van der Waals surface area contributed by atoms with E-state index >= 15 is 0 Å². The lowest BCUT2D eigenvalue weighted by atomic mass is 9.84. The lowest BCUT2D eigenvalue weighted by Gasteiger charge is -2.21. The van der Waals surface area contributed by atoms with Crippen LogP contribution in [-0.4, -0.2) is 49.8 Å². The molecule has 0 atom stereocenters. The highest BCUT2D eigenvalue weighted by molar-refractivity contribution is 5.78. The molecule has 30 nitrogen and oxygen atoms in total. The van der Waals surface area contributed by atoms with Crippen LogP contribution in [-0.2, 0) is 32.1 Å². The third-order valence-corrected chi connectivity index (χ3v) is 15.3. The molecule has 92 heavy (non-hydrogen) atoms. The molecule has 2 fully saturated rings. The molecule has 0 unspecified atom stereocenters. The second-order valence-corrected chi connectivity index (χ2v) is 22.0. The van der Waals surface area contributed by atoms with Gasteiger partial charge >= 0.3 is 56.6 Å². The van der Waals surface area contributed by atoms with Crippen LogP contribution in [0.2, 0.25) is 0 Å². The molecule has 10 aromatic rings. The van der Waals surface area contributed by atoms with E-state index in [4.69, 9.17) is 22.1 Å². The molecule has 30 heteroatoms. The second-order valence-electron chi connectivity index (χ2n) is 22.0. The fourth-order valence-corrected chi connectivity index (χ4v) is 11.3. The quantitative estimate of drug-likeness (QED) is 0.0542. The molecule has 0 radical (unpaired) electrons. The van der Waals surface area contributed by atoms with Gasteiger partial charge < -0.3 is 22.1 Å². The number of fused-ring (bicyclic) bond motifs is 5. The maximum absolute atomic E-state index is 11.9. The molecule has 2 aliphatic carbocycles. The standard InChI is InChI=1S/C14H16N2O4.C13H14N2O4.C12H14N2O4.C12H12N2O4.C11H10N2O4/c17-10-7-9(6-8-4-2-1-3-5-8)11-12(18)15-14(19)16-13(11)20-10;16-9-6-8(5-7-3-1-2-4-7)10-11(17)14-13(18)15-12(10)19-9;2*1-2-3-4-5-7-6-8(15)18-11-9(7)10(16)13-12(17)14-11;1-2-3-4-6-5-7(14)17-10-8(6)9(15)12-11(16)13-10/h7-8H,1-6H2,(H2,15,16,18,19);6-7H,1-5H2,(H2,14,15,17,18);6H,2-5H2,1H3,(H2,13,14,16,17);2-3,6H,4-5H2,1H3,(H2,13,14,16,17);2,5H,1,3-4H2,(H2,12,13,15,16)/b;;;3-2+;. The van der Waals surface area contributed by atoms with Crippen LogP contribution >= 0.6 is 0 Å². The molecule has 0 amide bonds. The highest BCUT2D eigenvalue weighted by atomic mass is 16.4. The summed E-state index contributed by atoms with van der Waals surface area (Å²) in [6.07, 6.45) is 23.2. The number of aryl methyl sites for hydroxylation is 3. The third-order valence-electron chi connectivity index (χ3n) is 15.3. The normalized spacial score (nSPS) is 13.3. The number of allylic oxidation sites excluding steroid dienone is 3. The van der Waals surface area contributed by atoms with Crippen LogP contribution in [0, 0.1) is 11.8 Å². The van der Waals surface area contributed by atoms with E-state index in [0.29, 0.717) is 84.6 Å². The van der Waals surface area contributed by atoms with Crippen molar-refractivity contribution < 1.29 is 22.1 Å². The van der Waals surface area contributed by atoms with Crippen LogP contribution in [0.15, 0.2) is 149 Å². The molecule has 10 N–H and O–H groups in total. The van der Waals surface area contributed by atoms with E-state index in [1.807, 2.05) is 19.1 Å². The summed E-state index contributed by atoms with van der Waals surface area (Å²) in [5.74, 6) is 0.983. The van der Waals surface area contributed by atoms with Gasteiger partial charge in [0.25, 0.3) is 27.8 Å². The Labute approximate surface area is 512 Å². The summed E-state index contributed by atoms with van der Waals surface area (Å²) < 4.78 is 24.3. The zero-order chi connectivity index (χ0) is 66.2. The van der Waals surface area contributed by atoms with Crippen molar-refractivity contribution in [3.8, 4) is 0 Å². The Morgan fingerprint density at radius 3 is 0.967 bits per heavy atom. The SMILES string of the molecule is C/C=C/CCc1cc(=O)oc2[nH]c(=O)[nH]c(=O)c12.C=CCCc1cc(=O)oc2[nH]c(=O)[nH]c(=O)c12.CCCCCc1cc(=O)oc2[nH]c(=O)[nH]c(=O)c12.O=c1[nH]c(=O)c2c(CC3CCCC3)cc(=O)oc2[nH]1.O=c1[nH]c(=O)c2c(CC3CCCCC3)cc(=O)oc2[nH]1. The van der Waals surface area contributed by atoms with E-state index in [1.54, 1.807) is 6.08 Å².